The third-order valence-corrected chi connectivity index (χ3v) is 7.28. The van der Waals surface area contributed by atoms with Gasteiger partial charge in [0.15, 0.2) is 0 Å². The average Bonchev–Trinajstić information content (AvgIpc) is 2.83. The molecule has 1 aromatic carbocycles. The third kappa shape index (κ3) is 4.94. The van der Waals surface area contributed by atoms with Crippen molar-refractivity contribution in [3.63, 3.8) is 0 Å². The molecule has 176 valence electrons. The Bertz CT molecular complexity index is 969. The lowest BCUT2D eigenvalue weighted by Gasteiger charge is -2.34. The van der Waals surface area contributed by atoms with E-state index in [-0.39, 0.29) is 36.1 Å². The second-order valence-corrected chi connectivity index (χ2v) is 9.12. The van der Waals surface area contributed by atoms with E-state index in [2.05, 4.69) is 0 Å². The van der Waals surface area contributed by atoms with Gasteiger partial charge in [-0.15, -0.1) is 0 Å². The van der Waals surface area contributed by atoms with Crippen LogP contribution >= 0.6 is 0 Å². The van der Waals surface area contributed by atoms with Crippen LogP contribution in [0, 0.1) is 0 Å². The first-order valence-electron chi connectivity index (χ1n) is 10.0. The van der Waals surface area contributed by atoms with Crippen molar-refractivity contribution in [2.24, 2.45) is 0 Å². The highest BCUT2D eigenvalue weighted by atomic mass is 32.2. The molecule has 0 aromatic heterocycles. The van der Waals surface area contributed by atoms with Gasteiger partial charge in [0, 0.05) is 38.4 Å². The van der Waals surface area contributed by atoms with Crippen molar-refractivity contribution in [3.8, 4) is 0 Å². The number of nitrogens with zero attached hydrogens (tertiary/aromatic N) is 3. The number of aliphatic hydroxyl groups excluding tert-OH is 1. The molecule has 11 nitrogen and oxygen atoms in total. The molecule has 2 heterocycles. The molecule has 1 aromatic rings. The van der Waals surface area contributed by atoms with Crippen LogP contribution in [0.5, 0.6) is 0 Å². The van der Waals surface area contributed by atoms with Crippen molar-refractivity contribution in [3.05, 3.63) is 35.5 Å². The summed E-state index contributed by atoms with van der Waals surface area (Å²) in [5, 5.41) is 9.04. The maximum Gasteiger partial charge on any atom is 0.355 e. The number of sulfonamides is 1. The second kappa shape index (κ2) is 10.4. The first-order chi connectivity index (χ1) is 15.3. The molecule has 32 heavy (non-hydrogen) atoms. The fraction of sp³-hybridized carbons (Fsp3) is 0.500. The standard InChI is InChI=1S/C20H27N3O8S/c1-29-19(25)17-13-31-14-23(18(17)20(26)30-2)15-3-5-16(6-4-15)32(27,28)22-9-7-21(8-10-22)11-12-24/h3-6,24H,7-14H2,1-2H3. The molecule has 0 radical (unpaired) electrons. The van der Waals surface area contributed by atoms with E-state index in [1.165, 1.54) is 35.6 Å². The molecule has 0 unspecified atom stereocenters. The summed E-state index contributed by atoms with van der Waals surface area (Å²) in [5.41, 5.74) is 0.461. The zero-order valence-electron chi connectivity index (χ0n) is 18.0. The Morgan fingerprint density at radius 1 is 1.03 bits per heavy atom. The lowest BCUT2D eigenvalue weighted by molar-refractivity contribution is -0.140. The number of rotatable bonds is 7. The number of anilines is 1. The van der Waals surface area contributed by atoms with Crippen molar-refractivity contribution < 1.29 is 37.3 Å². The minimum absolute atomic E-state index is 0.0128. The van der Waals surface area contributed by atoms with Gasteiger partial charge in [0.1, 0.15) is 12.4 Å². The highest BCUT2D eigenvalue weighted by molar-refractivity contribution is 7.89. The number of carbonyl (C=O) groups is 2. The summed E-state index contributed by atoms with van der Waals surface area (Å²) in [6.45, 7) is 2.19. The number of hydrogen-bond acceptors (Lipinski definition) is 10. The maximum atomic E-state index is 13.0. The molecule has 0 bridgehead atoms. The van der Waals surface area contributed by atoms with Gasteiger partial charge in [-0.05, 0) is 24.3 Å². The van der Waals surface area contributed by atoms with Gasteiger partial charge in [0.25, 0.3) is 0 Å². The van der Waals surface area contributed by atoms with E-state index in [0.717, 1.165) is 0 Å². The topological polar surface area (TPSA) is 126 Å². The quantitative estimate of drug-likeness (QED) is 0.516. The molecule has 12 heteroatoms. The number of aliphatic hydroxyl groups is 1. The van der Waals surface area contributed by atoms with Gasteiger partial charge in [-0.25, -0.2) is 18.0 Å². The lowest BCUT2D eigenvalue weighted by atomic mass is 10.1. The summed E-state index contributed by atoms with van der Waals surface area (Å²) in [4.78, 5) is 28.0. The Morgan fingerprint density at radius 2 is 1.66 bits per heavy atom. The Labute approximate surface area is 186 Å². The van der Waals surface area contributed by atoms with Gasteiger partial charge in [-0.2, -0.15) is 4.31 Å². The zero-order valence-corrected chi connectivity index (χ0v) is 18.8. The summed E-state index contributed by atoms with van der Waals surface area (Å²) in [6, 6.07) is 5.99. The van der Waals surface area contributed by atoms with Crippen LogP contribution in [0.1, 0.15) is 0 Å². The van der Waals surface area contributed by atoms with E-state index in [9.17, 15) is 18.0 Å². The number of esters is 2. The number of benzene rings is 1. The van der Waals surface area contributed by atoms with Gasteiger partial charge in [0.05, 0.1) is 37.9 Å². The number of methoxy groups -OCH3 is 2. The van der Waals surface area contributed by atoms with Crippen molar-refractivity contribution in [2.75, 3.05) is 71.8 Å². The first kappa shape index (κ1) is 24.1. The highest BCUT2D eigenvalue weighted by Gasteiger charge is 2.33. The van der Waals surface area contributed by atoms with Crippen molar-refractivity contribution in [1.29, 1.82) is 0 Å². The minimum atomic E-state index is -3.69. The first-order valence-corrected chi connectivity index (χ1v) is 11.5. The largest absolute Gasteiger partial charge is 0.466 e. The predicted molar refractivity (Wildman–Crippen MR) is 113 cm³/mol. The Morgan fingerprint density at radius 3 is 2.22 bits per heavy atom. The number of piperazine rings is 1. The Hall–Kier alpha value is -2.51. The van der Waals surface area contributed by atoms with Crippen LogP contribution in [0.25, 0.3) is 0 Å². The van der Waals surface area contributed by atoms with Crippen LogP contribution in [-0.4, -0.2) is 102 Å². The van der Waals surface area contributed by atoms with Crippen LogP contribution in [0.2, 0.25) is 0 Å². The Balaban J connectivity index is 1.84. The van der Waals surface area contributed by atoms with Crippen LogP contribution in [0.3, 0.4) is 0 Å². The van der Waals surface area contributed by atoms with E-state index >= 15 is 0 Å². The van der Waals surface area contributed by atoms with Crippen LogP contribution in [0.15, 0.2) is 40.4 Å². The number of β-amino-alcohol motifs (C(OH)–C–C–N with tert-alkyl or cyclic N) is 1. The third-order valence-electron chi connectivity index (χ3n) is 5.37. The fourth-order valence-electron chi connectivity index (χ4n) is 3.63. The molecular formula is C20H27N3O8S. The molecule has 3 rings (SSSR count). The molecule has 0 atom stereocenters. The summed E-state index contributed by atoms with van der Waals surface area (Å²) in [5.74, 6) is -1.44. The highest BCUT2D eigenvalue weighted by Crippen LogP contribution is 2.28. The van der Waals surface area contributed by atoms with E-state index in [1.54, 1.807) is 12.1 Å². The van der Waals surface area contributed by atoms with E-state index in [4.69, 9.17) is 19.3 Å². The fourth-order valence-corrected chi connectivity index (χ4v) is 5.05. The molecule has 1 saturated heterocycles. The van der Waals surface area contributed by atoms with Gasteiger partial charge in [0.2, 0.25) is 10.0 Å². The molecule has 0 saturated carbocycles. The summed E-state index contributed by atoms with van der Waals surface area (Å²) < 4.78 is 42.4. The van der Waals surface area contributed by atoms with E-state index < -0.39 is 22.0 Å². The van der Waals surface area contributed by atoms with Crippen LogP contribution in [0.4, 0.5) is 5.69 Å². The Kier molecular flexibility index (Phi) is 7.85. The van der Waals surface area contributed by atoms with Crippen LogP contribution < -0.4 is 4.90 Å². The molecule has 0 amide bonds. The predicted octanol–water partition coefficient (Wildman–Crippen LogP) is -0.621. The van der Waals surface area contributed by atoms with Gasteiger partial charge in [-0.3, -0.25) is 4.90 Å². The van der Waals surface area contributed by atoms with Gasteiger partial charge < -0.3 is 24.2 Å². The van der Waals surface area contributed by atoms with E-state index in [1.807, 2.05) is 4.90 Å². The van der Waals surface area contributed by atoms with Crippen molar-refractivity contribution in [2.45, 2.75) is 4.90 Å². The zero-order chi connectivity index (χ0) is 23.3. The maximum absolute atomic E-state index is 13.0. The number of carbonyl (C=O) groups excluding carboxylic acids is 2. The second-order valence-electron chi connectivity index (χ2n) is 7.18. The average molecular weight is 470 g/mol. The van der Waals surface area contributed by atoms with Crippen molar-refractivity contribution >= 4 is 27.6 Å². The molecular weight excluding hydrogens is 442 g/mol. The van der Waals surface area contributed by atoms with E-state index in [0.29, 0.717) is 38.4 Å². The SMILES string of the molecule is COC(=O)C1=C(C(=O)OC)N(c2ccc(S(=O)(=O)N3CCN(CCO)CC3)cc2)COC1. The number of ether oxygens (including phenoxy) is 3. The molecule has 2 aliphatic rings. The summed E-state index contributed by atoms with van der Waals surface area (Å²) in [7, 11) is -1.29. The molecule has 0 aliphatic carbocycles. The molecule has 2 aliphatic heterocycles. The summed E-state index contributed by atoms with van der Waals surface area (Å²) >= 11 is 0. The molecule has 1 fully saturated rings. The van der Waals surface area contributed by atoms with Gasteiger partial charge >= 0.3 is 11.9 Å². The molecule has 1 N–H and O–H groups in total. The minimum Gasteiger partial charge on any atom is -0.466 e. The smallest absolute Gasteiger partial charge is 0.355 e. The summed E-state index contributed by atoms with van der Waals surface area (Å²) in [6.07, 6.45) is 0. The lowest BCUT2D eigenvalue weighted by Crippen LogP contribution is -2.49. The van der Waals surface area contributed by atoms with Crippen molar-refractivity contribution in [1.82, 2.24) is 9.21 Å². The van der Waals surface area contributed by atoms with Crippen LogP contribution in [-0.2, 0) is 33.8 Å². The molecule has 0 spiro atoms. The monoisotopic (exact) mass is 469 g/mol. The number of hydrogen-bond donors (Lipinski definition) is 1. The van der Waals surface area contributed by atoms with Gasteiger partial charge in [-0.1, -0.05) is 0 Å². The normalized spacial score (nSPS) is 18.5.